The average molecular weight is 304 g/mol. The first kappa shape index (κ1) is 16.8. The molecule has 0 spiro atoms. The number of carbonyl (C=O) groups is 1. The summed E-state index contributed by atoms with van der Waals surface area (Å²) in [6, 6.07) is 0. The van der Waals surface area contributed by atoms with E-state index in [1.807, 2.05) is 0 Å². The van der Waals surface area contributed by atoms with E-state index < -0.39 is 41.1 Å². The molecular formula is C12H14F6O2. The number of rotatable bonds is 3. The van der Waals surface area contributed by atoms with Crippen LogP contribution in [0.25, 0.3) is 0 Å². The first-order valence-corrected chi connectivity index (χ1v) is 5.86. The van der Waals surface area contributed by atoms with Crippen LogP contribution in [-0.2, 0) is 9.53 Å². The summed E-state index contributed by atoms with van der Waals surface area (Å²) in [5.41, 5.74) is -3.55. The summed E-state index contributed by atoms with van der Waals surface area (Å²) >= 11 is 0. The molecule has 1 aliphatic carbocycles. The SMILES string of the molecule is CCOC(=O)C1C(C=C(C(F)(F)F)C(F)(F)F)C1(C)C. The van der Waals surface area contributed by atoms with E-state index in [4.69, 9.17) is 0 Å². The molecule has 2 atom stereocenters. The van der Waals surface area contributed by atoms with Crippen LogP contribution in [0, 0.1) is 17.3 Å². The van der Waals surface area contributed by atoms with E-state index in [0.717, 1.165) is 0 Å². The van der Waals surface area contributed by atoms with Crippen molar-refractivity contribution in [2.45, 2.75) is 33.1 Å². The first-order chi connectivity index (χ1) is 8.83. The zero-order chi connectivity index (χ0) is 15.9. The zero-order valence-electron chi connectivity index (χ0n) is 11.0. The summed E-state index contributed by atoms with van der Waals surface area (Å²) in [4.78, 5) is 11.5. The molecule has 1 saturated carbocycles. The number of allylic oxidation sites excluding steroid dienone is 2. The molecule has 0 aliphatic heterocycles. The second-order valence-electron chi connectivity index (χ2n) is 5.15. The Balaban J connectivity index is 3.06. The lowest BCUT2D eigenvalue weighted by atomic mass is 10.1. The quantitative estimate of drug-likeness (QED) is 0.449. The molecule has 0 aromatic heterocycles. The topological polar surface area (TPSA) is 26.3 Å². The monoisotopic (exact) mass is 304 g/mol. The van der Waals surface area contributed by atoms with Gasteiger partial charge in [0, 0.05) is 0 Å². The lowest BCUT2D eigenvalue weighted by molar-refractivity contribution is -0.172. The molecule has 2 unspecified atom stereocenters. The maximum absolute atomic E-state index is 12.4. The molecular weight excluding hydrogens is 290 g/mol. The van der Waals surface area contributed by atoms with E-state index in [1.165, 1.54) is 20.8 Å². The van der Waals surface area contributed by atoms with Gasteiger partial charge in [-0.25, -0.2) is 0 Å². The van der Waals surface area contributed by atoms with Crippen molar-refractivity contribution in [1.29, 1.82) is 0 Å². The molecule has 0 saturated heterocycles. The second kappa shape index (κ2) is 4.96. The molecule has 1 aliphatic rings. The van der Waals surface area contributed by atoms with Gasteiger partial charge in [0.1, 0.15) is 5.57 Å². The number of carbonyl (C=O) groups excluding carboxylic acids is 1. The van der Waals surface area contributed by atoms with Crippen LogP contribution in [-0.4, -0.2) is 24.9 Å². The van der Waals surface area contributed by atoms with Gasteiger partial charge in [-0.3, -0.25) is 4.79 Å². The van der Waals surface area contributed by atoms with E-state index in [2.05, 4.69) is 4.74 Å². The fourth-order valence-corrected chi connectivity index (χ4v) is 2.20. The molecule has 8 heteroatoms. The summed E-state index contributed by atoms with van der Waals surface area (Å²) in [6.07, 6.45) is -10.9. The molecule has 0 heterocycles. The lowest BCUT2D eigenvalue weighted by Crippen LogP contribution is -2.26. The van der Waals surface area contributed by atoms with E-state index >= 15 is 0 Å². The van der Waals surface area contributed by atoms with Crippen molar-refractivity contribution < 1.29 is 35.9 Å². The van der Waals surface area contributed by atoms with Gasteiger partial charge in [-0.15, -0.1) is 0 Å². The van der Waals surface area contributed by atoms with E-state index in [1.54, 1.807) is 0 Å². The Morgan fingerprint density at radius 3 is 1.95 bits per heavy atom. The number of halogens is 6. The smallest absolute Gasteiger partial charge is 0.421 e. The fraction of sp³-hybridized carbons (Fsp3) is 0.750. The molecule has 20 heavy (non-hydrogen) atoms. The number of hydrogen-bond acceptors (Lipinski definition) is 2. The minimum Gasteiger partial charge on any atom is -0.466 e. The van der Waals surface area contributed by atoms with Gasteiger partial charge in [-0.1, -0.05) is 19.9 Å². The summed E-state index contributed by atoms with van der Waals surface area (Å²) in [5, 5.41) is 0. The molecule has 1 fully saturated rings. The standard InChI is InChI=1S/C12H14F6O2/c1-4-20-9(19)8-6(10(8,2)3)5-7(11(13,14)15)12(16,17)18/h5-6,8H,4H2,1-3H3. The highest BCUT2D eigenvalue weighted by Crippen LogP contribution is 2.61. The first-order valence-electron chi connectivity index (χ1n) is 5.86. The van der Waals surface area contributed by atoms with Gasteiger partial charge in [-0.05, 0) is 18.3 Å². The number of alkyl halides is 6. The van der Waals surface area contributed by atoms with Crippen LogP contribution < -0.4 is 0 Å². The highest BCUT2D eigenvalue weighted by Gasteiger charge is 2.63. The van der Waals surface area contributed by atoms with Crippen LogP contribution in [0.1, 0.15) is 20.8 Å². The maximum atomic E-state index is 12.4. The molecule has 1 rings (SSSR count). The minimum absolute atomic E-state index is 0.0211. The molecule has 0 N–H and O–H groups in total. The van der Waals surface area contributed by atoms with Crippen molar-refractivity contribution in [1.82, 2.24) is 0 Å². The van der Waals surface area contributed by atoms with E-state index in [9.17, 15) is 31.1 Å². The van der Waals surface area contributed by atoms with Gasteiger partial charge in [0.05, 0.1) is 12.5 Å². The summed E-state index contributed by atoms with van der Waals surface area (Å²) in [5.74, 6) is -2.90. The number of hydrogen-bond donors (Lipinski definition) is 0. The minimum atomic E-state index is -5.50. The van der Waals surface area contributed by atoms with Crippen LogP contribution in [0.15, 0.2) is 11.6 Å². The lowest BCUT2D eigenvalue weighted by Gasteiger charge is -2.15. The third-order valence-corrected chi connectivity index (χ3v) is 3.41. The molecule has 0 amide bonds. The maximum Gasteiger partial charge on any atom is 0.421 e. The molecule has 0 radical (unpaired) electrons. The zero-order valence-corrected chi connectivity index (χ0v) is 11.0. The third kappa shape index (κ3) is 3.27. The van der Waals surface area contributed by atoms with Crippen molar-refractivity contribution in [2.75, 3.05) is 6.61 Å². The van der Waals surface area contributed by atoms with Crippen molar-refractivity contribution in [2.24, 2.45) is 17.3 Å². The van der Waals surface area contributed by atoms with Crippen molar-refractivity contribution in [3.8, 4) is 0 Å². The Bertz CT molecular complexity index is 403. The molecule has 2 nitrogen and oxygen atoms in total. The van der Waals surface area contributed by atoms with Crippen LogP contribution in [0.5, 0.6) is 0 Å². The van der Waals surface area contributed by atoms with Crippen molar-refractivity contribution in [3.63, 3.8) is 0 Å². The Morgan fingerprint density at radius 1 is 1.15 bits per heavy atom. The Kier molecular flexibility index (Phi) is 4.18. The van der Waals surface area contributed by atoms with E-state index in [-0.39, 0.29) is 12.7 Å². The highest BCUT2D eigenvalue weighted by molar-refractivity contribution is 5.78. The normalized spacial score (nSPS) is 25.1. The van der Waals surface area contributed by atoms with Gasteiger partial charge in [-0.2, -0.15) is 26.3 Å². The van der Waals surface area contributed by atoms with Crippen molar-refractivity contribution >= 4 is 5.97 Å². The average Bonchev–Trinajstić information content (AvgIpc) is 2.73. The third-order valence-electron chi connectivity index (χ3n) is 3.41. The van der Waals surface area contributed by atoms with Crippen LogP contribution in [0.2, 0.25) is 0 Å². The van der Waals surface area contributed by atoms with Crippen LogP contribution in [0.4, 0.5) is 26.3 Å². The van der Waals surface area contributed by atoms with Gasteiger partial charge in [0.25, 0.3) is 0 Å². The fourth-order valence-electron chi connectivity index (χ4n) is 2.20. The molecule has 0 aromatic rings. The predicted molar refractivity (Wildman–Crippen MR) is 57.6 cm³/mol. The summed E-state index contributed by atoms with van der Waals surface area (Å²) in [6.45, 7) is 4.39. The number of ether oxygens (including phenoxy) is 1. The van der Waals surface area contributed by atoms with Crippen LogP contribution in [0.3, 0.4) is 0 Å². The Hall–Kier alpha value is -1.21. The van der Waals surface area contributed by atoms with E-state index in [0.29, 0.717) is 0 Å². The van der Waals surface area contributed by atoms with Crippen molar-refractivity contribution in [3.05, 3.63) is 11.6 Å². The van der Waals surface area contributed by atoms with Gasteiger partial charge < -0.3 is 4.74 Å². The Morgan fingerprint density at radius 2 is 1.60 bits per heavy atom. The summed E-state index contributed by atoms with van der Waals surface area (Å²) in [7, 11) is 0. The van der Waals surface area contributed by atoms with Gasteiger partial charge in [0.2, 0.25) is 0 Å². The number of esters is 1. The van der Waals surface area contributed by atoms with Gasteiger partial charge in [0.15, 0.2) is 0 Å². The van der Waals surface area contributed by atoms with Crippen LogP contribution >= 0.6 is 0 Å². The van der Waals surface area contributed by atoms with Gasteiger partial charge >= 0.3 is 18.3 Å². The Labute approximate surface area is 111 Å². The second-order valence-corrected chi connectivity index (χ2v) is 5.15. The molecule has 0 bridgehead atoms. The predicted octanol–water partition coefficient (Wildman–Crippen LogP) is 3.87. The molecule has 116 valence electrons. The summed E-state index contributed by atoms with van der Waals surface area (Å²) < 4.78 is 79.2. The largest absolute Gasteiger partial charge is 0.466 e. The highest BCUT2D eigenvalue weighted by atomic mass is 19.4. The molecule has 0 aromatic carbocycles.